The van der Waals surface area contributed by atoms with Crippen molar-refractivity contribution < 1.29 is 0 Å². The molecule has 6 heteroatoms. The average Bonchev–Trinajstić information content (AvgIpc) is 3.17. The minimum absolute atomic E-state index is 0.0398. The number of thiophene rings is 1. The monoisotopic (exact) mass is 285 g/mol. The van der Waals surface area contributed by atoms with Gasteiger partial charge in [0, 0.05) is 0 Å². The van der Waals surface area contributed by atoms with E-state index in [2.05, 4.69) is 32.4 Å². The van der Waals surface area contributed by atoms with Gasteiger partial charge in [0.05, 0.1) is 17.9 Å². The molecule has 3 aromatic rings. The van der Waals surface area contributed by atoms with Gasteiger partial charge in [0.15, 0.2) is 0 Å². The van der Waals surface area contributed by atoms with E-state index in [1.165, 1.54) is 5.56 Å². The summed E-state index contributed by atoms with van der Waals surface area (Å²) in [5.41, 5.74) is 5.82. The zero-order valence-corrected chi connectivity index (χ0v) is 11.6. The van der Waals surface area contributed by atoms with Gasteiger partial charge in [-0.3, -0.25) is 11.3 Å². The summed E-state index contributed by atoms with van der Waals surface area (Å²) in [6, 6.07) is 11.9. The Labute approximate surface area is 121 Å². The van der Waals surface area contributed by atoms with E-state index in [4.69, 9.17) is 5.84 Å². The summed E-state index contributed by atoms with van der Waals surface area (Å²) in [5.74, 6) is 5.65. The van der Waals surface area contributed by atoms with Crippen LogP contribution in [0, 0.1) is 0 Å². The number of nitrogens with zero attached hydrogens (tertiary/aromatic N) is 3. The Bertz CT molecular complexity index is 647. The van der Waals surface area contributed by atoms with Crippen molar-refractivity contribution in [1.29, 1.82) is 0 Å². The van der Waals surface area contributed by atoms with Crippen LogP contribution in [0.1, 0.15) is 17.3 Å². The second kappa shape index (κ2) is 5.96. The smallest absolute Gasteiger partial charge is 0.102 e. The van der Waals surface area contributed by atoms with Crippen LogP contribution < -0.4 is 11.3 Å². The Kier molecular flexibility index (Phi) is 3.87. The lowest BCUT2D eigenvalue weighted by atomic mass is 10.1. The van der Waals surface area contributed by atoms with Crippen molar-refractivity contribution in [2.24, 2.45) is 5.84 Å². The second-order valence-electron chi connectivity index (χ2n) is 4.45. The van der Waals surface area contributed by atoms with Gasteiger partial charge >= 0.3 is 0 Å². The van der Waals surface area contributed by atoms with Gasteiger partial charge in [0.1, 0.15) is 5.69 Å². The topological polar surface area (TPSA) is 68.8 Å². The Hall–Kier alpha value is -2.02. The standard InChI is InChI=1S/C14H15N5S/c15-17-13(8-11-6-7-20-10-11)14-9-16-19(18-14)12-4-2-1-3-5-12/h1-7,9-10,13,17H,8,15H2. The largest absolute Gasteiger partial charge is 0.271 e. The maximum absolute atomic E-state index is 5.65. The molecule has 1 unspecified atom stereocenters. The second-order valence-corrected chi connectivity index (χ2v) is 5.23. The minimum Gasteiger partial charge on any atom is -0.271 e. The molecule has 2 aromatic heterocycles. The first-order valence-electron chi connectivity index (χ1n) is 6.31. The van der Waals surface area contributed by atoms with Gasteiger partial charge in [-0.1, -0.05) is 18.2 Å². The molecule has 0 bridgehead atoms. The fourth-order valence-electron chi connectivity index (χ4n) is 2.01. The van der Waals surface area contributed by atoms with Gasteiger partial charge in [-0.05, 0) is 40.9 Å². The molecule has 1 atom stereocenters. The fraction of sp³-hybridized carbons (Fsp3) is 0.143. The maximum atomic E-state index is 5.65. The molecule has 3 rings (SSSR count). The van der Waals surface area contributed by atoms with Crippen LogP contribution in [-0.4, -0.2) is 15.0 Å². The van der Waals surface area contributed by atoms with Crippen LogP contribution in [-0.2, 0) is 6.42 Å². The predicted molar refractivity (Wildman–Crippen MR) is 79.4 cm³/mol. The summed E-state index contributed by atoms with van der Waals surface area (Å²) in [6.45, 7) is 0. The number of rotatable bonds is 5. The lowest BCUT2D eigenvalue weighted by Gasteiger charge is -2.11. The highest BCUT2D eigenvalue weighted by Crippen LogP contribution is 2.18. The van der Waals surface area contributed by atoms with Crippen LogP contribution in [0.15, 0.2) is 53.4 Å². The highest BCUT2D eigenvalue weighted by atomic mass is 32.1. The molecule has 0 saturated carbocycles. The van der Waals surface area contributed by atoms with Crippen LogP contribution in [0.2, 0.25) is 0 Å². The third kappa shape index (κ3) is 2.77. The van der Waals surface area contributed by atoms with E-state index in [1.54, 1.807) is 22.3 Å². The summed E-state index contributed by atoms with van der Waals surface area (Å²) < 4.78 is 0. The SMILES string of the molecule is NNC(Cc1ccsc1)c1cnn(-c2ccccc2)n1. The van der Waals surface area contributed by atoms with Crippen molar-refractivity contribution in [2.75, 3.05) is 0 Å². The van der Waals surface area contributed by atoms with Gasteiger partial charge in [-0.25, -0.2) is 0 Å². The molecule has 5 nitrogen and oxygen atoms in total. The Morgan fingerprint density at radius 2 is 2.10 bits per heavy atom. The van der Waals surface area contributed by atoms with E-state index in [1.807, 2.05) is 30.3 Å². The number of hydrogen-bond donors (Lipinski definition) is 2. The van der Waals surface area contributed by atoms with Crippen molar-refractivity contribution in [2.45, 2.75) is 12.5 Å². The molecule has 0 amide bonds. The molecule has 0 aliphatic carbocycles. The number of nitrogens with one attached hydrogen (secondary N) is 1. The Morgan fingerprint density at radius 3 is 2.80 bits per heavy atom. The maximum Gasteiger partial charge on any atom is 0.102 e. The lowest BCUT2D eigenvalue weighted by molar-refractivity contribution is 0.533. The molecule has 0 aliphatic rings. The molecule has 3 N–H and O–H groups in total. The quantitative estimate of drug-likeness (QED) is 0.556. The van der Waals surface area contributed by atoms with Gasteiger partial charge < -0.3 is 0 Å². The van der Waals surface area contributed by atoms with Gasteiger partial charge in [0.25, 0.3) is 0 Å². The van der Waals surface area contributed by atoms with E-state index >= 15 is 0 Å². The summed E-state index contributed by atoms with van der Waals surface area (Å²) in [7, 11) is 0. The van der Waals surface area contributed by atoms with Crippen LogP contribution in [0.25, 0.3) is 5.69 Å². The van der Waals surface area contributed by atoms with Crippen molar-refractivity contribution in [1.82, 2.24) is 20.4 Å². The normalized spacial score (nSPS) is 12.4. The summed E-state index contributed by atoms with van der Waals surface area (Å²) in [5, 5.41) is 13.0. The van der Waals surface area contributed by atoms with Gasteiger partial charge in [-0.2, -0.15) is 26.3 Å². The molecule has 0 saturated heterocycles. The zero-order chi connectivity index (χ0) is 13.8. The molecule has 0 fully saturated rings. The Balaban J connectivity index is 1.81. The van der Waals surface area contributed by atoms with E-state index in [0.29, 0.717) is 0 Å². The van der Waals surface area contributed by atoms with Crippen molar-refractivity contribution in [3.63, 3.8) is 0 Å². The first-order chi connectivity index (χ1) is 9.86. The van der Waals surface area contributed by atoms with E-state index in [9.17, 15) is 0 Å². The molecule has 102 valence electrons. The molecule has 0 aliphatic heterocycles. The molecule has 2 heterocycles. The number of aromatic nitrogens is 3. The number of para-hydroxylation sites is 1. The molecule has 20 heavy (non-hydrogen) atoms. The van der Waals surface area contributed by atoms with Crippen LogP contribution in [0.3, 0.4) is 0 Å². The average molecular weight is 285 g/mol. The first-order valence-corrected chi connectivity index (χ1v) is 7.26. The molecule has 1 aromatic carbocycles. The minimum atomic E-state index is -0.0398. The van der Waals surface area contributed by atoms with Crippen molar-refractivity contribution >= 4 is 11.3 Å². The Morgan fingerprint density at radius 1 is 1.25 bits per heavy atom. The highest BCUT2D eigenvalue weighted by Gasteiger charge is 2.15. The predicted octanol–water partition coefficient (Wildman–Crippen LogP) is 2.08. The number of hydrogen-bond acceptors (Lipinski definition) is 5. The lowest BCUT2D eigenvalue weighted by Crippen LogP contribution is -2.29. The van der Waals surface area contributed by atoms with Crippen molar-refractivity contribution in [3.05, 3.63) is 64.6 Å². The summed E-state index contributed by atoms with van der Waals surface area (Å²) in [4.78, 5) is 1.62. The number of hydrazine groups is 1. The van der Waals surface area contributed by atoms with Gasteiger partial charge in [0.2, 0.25) is 0 Å². The van der Waals surface area contributed by atoms with Crippen molar-refractivity contribution in [3.8, 4) is 5.69 Å². The summed E-state index contributed by atoms with van der Waals surface area (Å²) in [6.07, 6.45) is 2.55. The summed E-state index contributed by atoms with van der Waals surface area (Å²) >= 11 is 1.68. The van der Waals surface area contributed by atoms with Crippen LogP contribution in [0.5, 0.6) is 0 Å². The van der Waals surface area contributed by atoms with E-state index in [-0.39, 0.29) is 6.04 Å². The molecular formula is C14H15N5S. The third-order valence-corrected chi connectivity index (χ3v) is 3.81. The molecule has 0 spiro atoms. The van der Waals surface area contributed by atoms with E-state index in [0.717, 1.165) is 17.8 Å². The number of nitrogens with two attached hydrogens (primary N) is 1. The fourth-order valence-corrected chi connectivity index (χ4v) is 2.70. The van der Waals surface area contributed by atoms with Gasteiger partial charge in [-0.15, -0.1) is 0 Å². The van der Waals surface area contributed by atoms with E-state index < -0.39 is 0 Å². The highest BCUT2D eigenvalue weighted by molar-refractivity contribution is 7.07. The van der Waals surface area contributed by atoms with Crippen LogP contribution in [0.4, 0.5) is 0 Å². The van der Waals surface area contributed by atoms with Crippen LogP contribution >= 0.6 is 11.3 Å². The molecular weight excluding hydrogens is 270 g/mol. The third-order valence-electron chi connectivity index (χ3n) is 3.07. The number of benzene rings is 1. The molecule has 0 radical (unpaired) electrons. The zero-order valence-electron chi connectivity index (χ0n) is 10.8. The first kappa shape index (κ1) is 13.0.